The van der Waals surface area contributed by atoms with Crippen LogP contribution in [0, 0.1) is 11.7 Å². The molecule has 1 unspecified atom stereocenters. The Morgan fingerprint density at radius 1 is 1.16 bits per heavy atom. The van der Waals surface area contributed by atoms with Crippen molar-refractivity contribution in [2.24, 2.45) is 5.92 Å². The molecule has 1 fully saturated rings. The van der Waals surface area contributed by atoms with E-state index in [1.807, 2.05) is 12.3 Å². The lowest BCUT2D eigenvalue weighted by molar-refractivity contribution is -0.126. The van der Waals surface area contributed by atoms with Gasteiger partial charge in [0.1, 0.15) is 19.0 Å². The number of carbonyl (C=O) groups excluding carboxylic acids is 2. The Bertz CT molecular complexity index is 1160. The monoisotopic (exact) mass is 423 g/mol. The van der Waals surface area contributed by atoms with Crippen LogP contribution in [-0.2, 0) is 16.0 Å². The number of rotatable bonds is 5. The van der Waals surface area contributed by atoms with E-state index in [4.69, 9.17) is 9.47 Å². The average molecular weight is 423 g/mol. The van der Waals surface area contributed by atoms with Gasteiger partial charge in [0, 0.05) is 48.4 Å². The second-order valence-corrected chi connectivity index (χ2v) is 7.78. The highest BCUT2D eigenvalue weighted by Gasteiger charge is 2.35. The lowest BCUT2D eigenvalue weighted by Crippen LogP contribution is -2.34. The van der Waals surface area contributed by atoms with Crippen molar-refractivity contribution in [2.75, 3.05) is 31.2 Å². The molecule has 0 saturated carbocycles. The SMILES string of the molecule is O=C(NCCc1c[nH]c2cc(F)ccc12)C1CC(=O)N(c2ccc3c(c2)OCCO3)C1. The zero-order valence-electron chi connectivity index (χ0n) is 16.8. The van der Waals surface area contributed by atoms with E-state index < -0.39 is 5.92 Å². The normalized spacial score (nSPS) is 17.9. The van der Waals surface area contributed by atoms with Gasteiger partial charge < -0.3 is 24.7 Å². The van der Waals surface area contributed by atoms with Crippen LogP contribution in [-0.4, -0.2) is 43.1 Å². The number of amides is 2. The number of ether oxygens (including phenoxy) is 2. The second kappa shape index (κ2) is 7.94. The molecule has 0 aliphatic carbocycles. The number of aromatic amines is 1. The first-order valence-electron chi connectivity index (χ1n) is 10.3. The molecule has 7 nitrogen and oxygen atoms in total. The number of nitrogens with zero attached hydrogens (tertiary/aromatic N) is 1. The highest BCUT2D eigenvalue weighted by Crippen LogP contribution is 2.36. The molecule has 0 spiro atoms. The first-order chi connectivity index (χ1) is 15.1. The molecule has 3 aromatic rings. The van der Waals surface area contributed by atoms with Crippen LogP contribution < -0.4 is 19.7 Å². The van der Waals surface area contributed by atoms with Crippen LogP contribution in [0.5, 0.6) is 11.5 Å². The fourth-order valence-electron chi connectivity index (χ4n) is 4.16. The largest absolute Gasteiger partial charge is 0.486 e. The molecule has 3 heterocycles. The van der Waals surface area contributed by atoms with E-state index in [-0.39, 0.29) is 24.1 Å². The number of hydrogen-bond acceptors (Lipinski definition) is 4. The molecule has 1 saturated heterocycles. The number of aromatic nitrogens is 1. The summed E-state index contributed by atoms with van der Waals surface area (Å²) in [5.41, 5.74) is 2.45. The first kappa shape index (κ1) is 19.4. The Kier molecular flexibility index (Phi) is 4.97. The summed E-state index contributed by atoms with van der Waals surface area (Å²) < 4.78 is 24.4. The summed E-state index contributed by atoms with van der Waals surface area (Å²) in [4.78, 5) is 29.8. The van der Waals surface area contributed by atoms with Crippen LogP contribution in [0.4, 0.5) is 10.1 Å². The molecule has 2 aliphatic rings. The fourth-order valence-corrected chi connectivity index (χ4v) is 4.16. The summed E-state index contributed by atoms with van der Waals surface area (Å²) in [5, 5.41) is 3.87. The van der Waals surface area contributed by atoms with Gasteiger partial charge in [0.25, 0.3) is 0 Å². The smallest absolute Gasteiger partial charge is 0.227 e. The molecule has 31 heavy (non-hydrogen) atoms. The number of hydrogen-bond donors (Lipinski definition) is 2. The van der Waals surface area contributed by atoms with E-state index in [9.17, 15) is 14.0 Å². The van der Waals surface area contributed by atoms with Gasteiger partial charge in [-0.3, -0.25) is 9.59 Å². The van der Waals surface area contributed by atoms with Crippen molar-refractivity contribution in [1.82, 2.24) is 10.3 Å². The molecule has 2 aromatic carbocycles. The van der Waals surface area contributed by atoms with Gasteiger partial charge in [-0.05, 0) is 42.3 Å². The van der Waals surface area contributed by atoms with Crippen LogP contribution >= 0.6 is 0 Å². The van der Waals surface area contributed by atoms with Crippen LogP contribution in [0.15, 0.2) is 42.6 Å². The van der Waals surface area contributed by atoms with Crippen LogP contribution in [0.2, 0.25) is 0 Å². The van der Waals surface area contributed by atoms with E-state index in [1.165, 1.54) is 12.1 Å². The minimum Gasteiger partial charge on any atom is -0.486 e. The van der Waals surface area contributed by atoms with Crippen LogP contribution in [0.3, 0.4) is 0 Å². The van der Waals surface area contributed by atoms with Crippen LogP contribution in [0.25, 0.3) is 10.9 Å². The number of H-pyrrole nitrogens is 1. The Morgan fingerprint density at radius 2 is 2.00 bits per heavy atom. The molecule has 2 amide bonds. The molecule has 5 rings (SSSR count). The lowest BCUT2D eigenvalue weighted by Gasteiger charge is -2.22. The summed E-state index contributed by atoms with van der Waals surface area (Å²) in [7, 11) is 0. The zero-order chi connectivity index (χ0) is 21.4. The van der Waals surface area contributed by atoms with Crippen molar-refractivity contribution in [1.29, 1.82) is 0 Å². The summed E-state index contributed by atoms with van der Waals surface area (Å²) in [6.45, 7) is 1.75. The molecule has 160 valence electrons. The predicted octanol–water partition coefficient (Wildman–Crippen LogP) is 2.79. The van der Waals surface area contributed by atoms with Crippen molar-refractivity contribution in [3.05, 3.63) is 54.0 Å². The highest BCUT2D eigenvalue weighted by atomic mass is 19.1. The second-order valence-electron chi connectivity index (χ2n) is 7.78. The summed E-state index contributed by atoms with van der Waals surface area (Å²) in [6, 6.07) is 10.00. The molecular formula is C23H22FN3O4. The number of benzene rings is 2. The predicted molar refractivity (Wildman–Crippen MR) is 113 cm³/mol. The van der Waals surface area contributed by atoms with Gasteiger partial charge in [-0.2, -0.15) is 0 Å². The van der Waals surface area contributed by atoms with E-state index in [2.05, 4.69) is 10.3 Å². The van der Waals surface area contributed by atoms with Crippen molar-refractivity contribution >= 4 is 28.4 Å². The number of anilines is 1. The highest BCUT2D eigenvalue weighted by molar-refractivity contribution is 6.00. The minimum atomic E-state index is -0.405. The third kappa shape index (κ3) is 3.81. The minimum absolute atomic E-state index is 0.0875. The van der Waals surface area contributed by atoms with Crippen LogP contribution in [0.1, 0.15) is 12.0 Å². The van der Waals surface area contributed by atoms with Gasteiger partial charge in [0.05, 0.1) is 5.92 Å². The molecule has 1 atom stereocenters. The molecule has 0 bridgehead atoms. The number of fused-ring (bicyclic) bond motifs is 2. The molecule has 2 aliphatic heterocycles. The quantitative estimate of drug-likeness (QED) is 0.661. The van der Waals surface area contributed by atoms with E-state index in [1.54, 1.807) is 23.1 Å². The first-order valence-corrected chi connectivity index (χ1v) is 10.3. The van der Waals surface area contributed by atoms with Crippen molar-refractivity contribution in [2.45, 2.75) is 12.8 Å². The van der Waals surface area contributed by atoms with E-state index in [0.29, 0.717) is 49.9 Å². The lowest BCUT2D eigenvalue weighted by atomic mass is 10.1. The van der Waals surface area contributed by atoms with Gasteiger partial charge in [0.2, 0.25) is 11.8 Å². The van der Waals surface area contributed by atoms with Gasteiger partial charge in [0.15, 0.2) is 11.5 Å². The topological polar surface area (TPSA) is 83.7 Å². The molecular weight excluding hydrogens is 401 g/mol. The number of halogens is 1. The third-order valence-electron chi connectivity index (χ3n) is 5.76. The van der Waals surface area contributed by atoms with E-state index in [0.717, 1.165) is 16.5 Å². The van der Waals surface area contributed by atoms with E-state index >= 15 is 0 Å². The Morgan fingerprint density at radius 3 is 2.87 bits per heavy atom. The summed E-state index contributed by atoms with van der Waals surface area (Å²) in [6.07, 6.45) is 2.62. The molecule has 2 N–H and O–H groups in total. The van der Waals surface area contributed by atoms with Crippen molar-refractivity contribution in [3.63, 3.8) is 0 Å². The average Bonchev–Trinajstić information content (AvgIpc) is 3.36. The van der Waals surface area contributed by atoms with Gasteiger partial charge in [-0.1, -0.05) is 0 Å². The van der Waals surface area contributed by atoms with Crippen molar-refractivity contribution in [3.8, 4) is 11.5 Å². The van der Waals surface area contributed by atoms with Gasteiger partial charge in [-0.25, -0.2) is 4.39 Å². The Labute approximate surface area is 178 Å². The summed E-state index contributed by atoms with van der Waals surface area (Å²) in [5.74, 6) is 0.356. The summed E-state index contributed by atoms with van der Waals surface area (Å²) >= 11 is 0. The number of carbonyl (C=O) groups is 2. The molecule has 0 radical (unpaired) electrons. The van der Waals surface area contributed by atoms with Gasteiger partial charge in [-0.15, -0.1) is 0 Å². The van der Waals surface area contributed by atoms with Gasteiger partial charge >= 0.3 is 0 Å². The number of nitrogens with one attached hydrogen (secondary N) is 2. The Hall–Kier alpha value is -3.55. The molecule has 8 heteroatoms. The molecule has 1 aromatic heterocycles. The zero-order valence-corrected chi connectivity index (χ0v) is 16.8. The standard InChI is InChI=1S/C23H22FN3O4/c24-16-1-3-18-14(12-26-19(18)10-16)5-6-25-23(29)15-9-22(28)27(13-15)17-2-4-20-21(11-17)31-8-7-30-20/h1-4,10-12,15,26H,5-9,13H2,(H,25,29). The Balaban J connectivity index is 1.19. The maximum Gasteiger partial charge on any atom is 0.227 e. The fraction of sp³-hybridized carbons (Fsp3) is 0.304. The maximum atomic E-state index is 13.3. The van der Waals surface area contributed by atoms with Crippen molar-refractivity contribution < 1.29 is 23.5 Å². The third-order valence-corrected chi connectivity index (χ3v) is 5.76. The maximum absolute atomic E-state index is 13.3.